The van der Waals surface area contributed by atoms with Crippen LogP contribution in [0.15, 0.2) is 18.2 Å². The van der Waals surface area contributed by atoms with Crippen LogP contribution in [0.25, 0.3) is 0 Å². The van der Waals surface area contributed by atoms with E-state index in [1.54, 1.807) is 4.90 Å². The highest BCUT2D eigenvalue weighted by Crippen LogP contribution is 2.23. The zero-order chi connectivity index (χ0) is 17.7. The van der Waals surface area contributed by atoms with Crippen molar-refractivity contribution in [1.82, 2.24) is 4.90 Å². The summed E-state index contributed by atoms with van der Waals surface area (Å²) in [5.74, 6) is -0.881. The van der Waals surface area contributed by atoms with Crippen molar-refractivity contribution in [3.05, 3.63) is 29.0 Å². The third-order valence-electron chi connectivity index (χ3n) is 4.28. The van der Waals surface area contributed by atoms with Gasteiger partial charge in [-0.1, -0.05) is 24.9 Å². The number of likely N-dealkylation sites (tertiary alicyclic amines) is 1. The van der Waals surface area contributed by atoms with Crippen LogP contribution in [-0.4, -0.2) is 35.8 Å². The van der Waals surface area contributed by atoms with E-state index in [0.717, 1.165) is 6.42 Å². The molecule has 2 amide bonds. The zero-order valence-corrected chi connectivity index (χ0v) is 14.5. The van der Waals surface area contributed by atoms with Gasteiger partial charge in [-0.2, -0.15) is 0 Å². The summed E-state index contributed by atoms with van der Waals surface area (Å²) >= 11 is 5.71. The average Bonchev–Trinajstić information content (AvgIpc) is 2.58. The molecule has 1 aliphatic rings. The fourth-order valence-corrected chi connectivity index (χ4v) is 3.03. The summed E-state index contributed by atoms with van der Waals surface area (Å²) in [6.07, 6.45) is 2.72. The summed E-state index contributed by atoms with van der Waals surface area (Å²) in [6.45, 7) is 3.04. The molecule has 1 unspecified atom stereocenters. The average molecular weight is 356 g/mol. The fourth-order valence-electron chi connectivity index (χ4n) is 2.85. The molecule has 0 bridgehead atoms. The molecule has 3 N–H and O–H groups in total. The van der Waals surface area contributed by atoms with Crippen molar-refractivity contribution in [2.45, 2.75) is 38.6 Å². The molecule has 1 aromatic carbocycles. The molecule has 0 aromatic heterocycles. The Morgan fingerprint density at radius 3 is 2.67 bits per heavy atom. The third-order valence-corrected chi connectivity index (χ3v) is 4.57. The highest BCUT2D eigenvalue weighted by atomic mass is 35.5. The maximum atomic E-state index is 13.1. The number of benzene rings is 1. The van der Waals surface area contributed by atoms with Crippen molar-refractivity contribution < 1.29 is 14.0 Å². The minimum absolute atomic E-state index is 0.0295. The molecule has 5 nitrogen and oxygen atoms in total. The number of carbonyl (C=O) groups excluding carboxylic acids is 2. The van der Waals surface area contributed by atoms with Crippen molar-refractivity contribution in [2.75, 3.05) is 18.4 Å². The largest absolute Gasteiger partial charge is 0.341 e. The molecule has 132 valence electrons. The Hall–Kier alpha value is -1.66. The molecule has 0 aliphatic carbocycles. The van der Waals surface area contributed by atoms with Crippen molar-refractivity contribution in [1.29, 1.82) is 0 Å². The Balaban J connectivity index is 1.86. The smallest absolute Gasteiger partial charge is 0.239 e. The first-order valence-electron chi connectivity index (χ1n) is 8.22. The van der Waals surface area contributed by atoms with Crippen LogP contribution in [0.1, 0.15) is 32.6 Å². The van der Waals surface area contributed by atoms with E-state index in [-0.39, 0.29) is 22.8 Å². The van der Waals surface area contributed by atoms with E-state index in [4.69, 9.17) is 17.3 Å². The van der Waals surface area contributed by atoms with Crippen LogP contribution in [0.3, 0.4) is 0 Å². The predicted molar refractivity (Wildman–Crippen MR) is 92.2 cm³/mol. The molecule has 2 rings (SSSR count). The van der Waals surface area contributed by atoms with Gasteiger partial charge in [0.05, 0.1) is 11.1 Å². The number of carbonyl (C=O) groups is 2. The topological polar surface area (TPSA) is 75.4 Å². The Labute approximate surface area is 146 Å². The van der Waals surface area contributed by atoms with E-state index in [1.165, 1.54) is 18.2 Å². The van der Waals surface area contributed by atoms with Gasteiger partial charge in [0.1, 0.15) is 5.82 Å². The van der Waals surface area contributed by atoms with E-state index >= 15 is 0 Å². The van der Waals surface area contributed by atoms with Gasteiger partial charge in [-0.25, -0.2) is 4.39 Å². The number of nitrogens with zero attached hydrogens (tertiary/aromatic N) is 1. The number of hydrogen-bond donors (Lipinski definition) is 2. The summed E-state index contributed by atoms with van der Waals surface area (Å²) in [5, 5.41) is 2.72. The Kier molecular flexibility index (Phi) is 6.57. The monoisotopic (exact) mass is 355 g/mol. The maximum absolute atomic E-state index is 13.1. The van der Waals surface area contributed by atoms with E-state index in [1.807, 2.05) is 6.92 Å². The van der Waals surface area contributed by atoms with Crippen molar-refractivity contribution in [3.63, 3.8) is 0 Å². The summed E-state index contributed by atoms with van der Waals surface area (Å²) in [4.78, 5) is 26.2. The van der Waals surface area contributed by atoms with Crippen molar-refractivity contribution >= 4 is 29.1 Å². The molecule has 24 heavy (non-hydrogen) atoms. The lowest BCUT2D eigenvalue weighted by molar-refractivity contribution is -0.135. The second-order valence-corrected chi connectivity index (χ2v) is 6.52. The fraction of sp³-hybridized carbons (Fsp3) is 0.529. The van der Waals surface area contributed by atoms with Crippen molar-refractivity contribution in [2.24, 2.45) is 11.7 Å². The predicted octanol–water partition coefficient (Wildman–Crippen LogP) is 2.78. The number of nitrogens with two attached hydrogens (primary N) is 1. The molecular weight excluding hydrogens is 333 g/mol. The lowest BCUT2D eigenvalue weighted by Gasteiger charge is -2.33. The van der Waals surface area contributed by atoms with Crippen LogP contribution in [0.4, 0.5) is 10.1 Å². The summed E-state index contributed by atoms with van der Waals surface area (Å²) in [7, 11) is 0. The number of rotatable bonds is 5. The molecule has 1 saturated heterocycles. The molecule has 1 aliphatic heterocycles. The van der Waals surface area contributed by atoms with Crippen LogP contribution in [0.2, 0.25) is 5.02 Å². The standard InChI is InChI=1S/C17H23ClFN3O2/c1-2-3-15(20)17(24)22-8-6-11(7-9-22)16(23)21-12-4-5-14(19)13(18)10-12/h4-5,10-11,15H,2-3,6-9,20H2,1H3,(H,21,23). The lowest BCUT2D eigenvalue weighted by Crippen LogP contribution is -2.48. The van der Waals surface area contributed by atoms with E-state index < -0.39 is 11.9 Å². The van der Waals surface area contributed by atoms with Gasteiger partial charge in [-0.3, -0.25) is 9.59 Å². The van der Waals surface area contributed by atoms with Gasteiger partial charge in [0.15, 0.2) is 0 Å². The number of hydrogen-bond acceptors (Lipinski definition) is 3. The quantitative estimate of drug-likeness (QED) is 0.852. The number of anilines is 1. The first-order chi connectivity index (χ1) is 11.4. The zero-order valence-electron chi connectivity index (χ0n) is 13.7. The summed E-state index contributed by atoms with van der Waals surface area (Å²) in [6, 6.07) is 3.62. The Morgan fingerprint density at radius 2 is 2.08 bits per heavy atom. The second-order valence-electron chi connectivity index (χ2n) is 6.11. The molecule has 1 fully saturated rings. The maximum Gasteiger partial charge on any atom is 0.239 e. The van der Waals surface area contributed by atoms with Crippen LogP contribution in [0, 0.1) is 11.7 Å². The lowest BCUT2D eigenvalue weighted by atomic mass is 9.95. The van der Waals surface area contributed by atoms with Crippen LogP contribution >= 0.6 is 11.6 Å². The van der Waals surface area contributed by atoms with Gasteiger partial charge in [0, 0.05) is 24.7 Å². The number of halogens is 2. The Bertz CT molecular complexity index is 603. The first-order valence-corrected chi connectivity index (χ1v) is 8.60. The van der Waals surface area contributed by atoms with Crippen molar-refractivity contribution in [3.8, 4) is 0 Å². The van der Waals surface area contributed by atoms with Gasteiger partial charge < -0.3 is 16.0 Å². The molecule has 0 radical (unpaired) electrons. The molecule has 1 heterocycles. The second kappa shape index (κ2) is 8.44. The summed E-state index contributed by atoms with van der Waals surface area (Å²) in [5.41, 5.74) is 6.34. The van der Waals surface area contributed by atoms with Gasteiger partial charge in [0.25, 0.3) is 0 Å². The minimum atomic E-state index is -0.523. The molecule has 1 aromatic rings. The number of piperidine rings is 1. The first kappa shape index (κ1) is 18.7. The van der Waals surface area contributed by atoms with Crippen LogP contribution in [0.5, 0.6) is 0 Å². The van der Waals surface area contributed by atoms with E-state index in [9.17, 15) is 14.0 Å². The van der Waals surface area contributed by atoms with Gasteiger partial charge in [-0.15, -0.1) is 0 Å². The molecule has 0 saturated carbocycles. The molecular formula is C17H23ClFN3O2. The highest BCUT2D eigenvalue weighted by Gasteiger charge is 2.29. The molecule has 0 spiro atoms. The summed E-state index contributed by atoms with van der Waals surface area (Å²) < 4.78 is 13.1. The Morgan fingerprint density at radius 1 is 1.42 bits per heavy atom. The van der Waals surface area contributed by atoms with Crippen LogP contribution in [-0.2, 0) is 9.59 Å². The third kappa shape index (κ3) is 4.68. The molecule has 1 atom stereocenters. The SMILES string of the molecule is CCCC(N)C(=O)N1CCC(C(=O)Nc2ccc(F)c(Cl)c2)CC1. The normalized spacial score (nSPS) is 16.8. The van der Waals surface area contributed by atoms with Gasteiger partial charge in [-0.05, 0) is 37.5 Å². The van der Waals surface area contributed by atoms with E-state index in [2.05, 4.69) is 5.32 Å². The van der Waals surface area contributed by atoms with Crippen LogP contribution < -0.4 is 11.1 Å². The minimum Gasteiger partial charge on any atom is -0.341 e. The van der Waals surface area contributed by atoms with Gasteiger partial charge in [0.2, 0.25) is 11.8 Å². The molecule has 7 heteroatoms. The van der Waals surface area contributed by atoms with Gasteiger partial charge >= 0.3 is 0 Å². The number of amides is 2. The highest BCUT2D eigenvalue weighted by molar-refractivity contribution is 6.31. The van der Waals surface area contributed by atoms with E-state index in [0.29, 0.717) is 38.0 Å². The number of nitrogens with one attached hydrogen (secondary N) is 1.